The van der Waals surface area contributed by atoms with Crippen molar-refractivity contribution in [1.29, 1.82) is 0 Å². The zero-order chi connectivity index (χ0) is 12.4. The lowest BCUT2D eigenvalue weighted by atomic mass is 10.1. The second-order valence-corrected chi connectivity index (χ2v) is 4.58. The Labute approximate surface area is 106 Å². The first-order valence-corrected chi connectivity index (χ1v) is 5.77. The van der Waals surface area contributed by atoms with Crippen molar-refractivity contribution in [3.8, 4) is 0 Å². The van der Waals surface area contributed by atoms with Gasteiger partial charge in [0.25, 0.3) is 5.69 Å². The van der Waals surface area contributed by atoms with Crippen molar-refractivity contribution in [2.45, 2.75) is 6.10 Å². The lowest BCUT2D eigenvalue weighted by Gasteiger charge is -2.09. The highest BCUT2D eigenvalue weighted by molar-refractivity contribution is 7.05. The molecule has 2 rings (SSSR count). The fourth-order valence-corrected chi connectivity index (χ4v) is 2.20. The predicted octanol–water partition coefficient (Wildman–Crippen LogP) is 2.79. The minimum Gasteiger partial charge on any atom is -0.382 e. The fraction of sp³-hybridized carbons (Fsp3) is 0.100. The van der Waals surface area contributed by atoms with E-state index >= 15 is 0 Å². The Morgan fingerprint density at radius 3 is 2.82 bits per heavy atom. The highest BCUT2D eigenvalue weighted by Gasteiger charge is 2.23. The van der Waals surface area contributed by atoms with Gasteiger partial charge in [0.05, 0.1) is 15.4 Å². The van der Waals surface area contributed by atoms with Gasteiger partial charge in [0.1, 0.15) is 6.10 Å². The van der Waals surface area contributed by atoms with E-state index in [-0.39, 0.29) is 11.3 Å². The summed E-state index contributed by atoms with van der Waals surface area (Å²) in [7, 11) is 0. The first-order chi connectivity index (χ1) is 8.09. The molecule has 1 aromatic carbocycles. The molecule has 0 saturated heterocycles. The zero-order valence-electron chi connectivity index (χ0n) is 8.41. The molecule has 1 unspecified atom stereocenters. The van der Waals surface area contributed by atoms with E-state index in [0.717, 1.165) is 11.5 Å². The number of aliphatic hydroxyl groups excluding tert-OH is 1. The average molecular weight is 271 g/mol. The van der Waals surface area contributed by atoms with Crippen molar-refractivity contribution in [1.82, 2.24) is 4.37 Å². The van der Waals surface area contributed by atoms with E-state index in [4.69, 9.17) is 11.6 Å². The van der Waals surface area contributed by atoms with Gasteiger partial charge in [-0.3, -0.25) is 10.1 Å². The van der Waals surface area contributed by atoms with Crippen molar-refractivity contribution in [2.24, 2.45) is 0 Å². The molecule has 0 bridgehead atoms. The van der Waals surface area contributed by atoms with Crippen LogP contribution in [0.15, 0.2) is 30.5 Å². The smallest absolute Gasteiger partial charge is 0.275 e. The van der Waals surface area contributed by atoms with E-state index in [2.05, 4.69) is 4.37 Å². The lowest BCUT2D eigenvalue weighted by molar-refractivity contribution is -0.386. The molecule has 0 amide bonds. The zero-order valence-corrected chi connectivity index (χ0v) is 9.98. The maximum absolute atomic E-state index is 10.8. The molecule has 0 spiro atoms. The first-order valence-electron chi connectivity index (χ1n) is 4.62. The largest absolute Gasteiger partial charge is 0.382 e. The normalized spacial score (nSPS) is 12.4. The number of aromatic nitrogens is 1. The summed E-state index contributed by atoms with van der Waals surface area (Å²) in [5.41, 5.74) is 0.0158. The van der Waals surface area contributed by atoms with E-state index in [9.17, 15) is 15.2 Å². The molecule has 0 radical (unpaired) electrons. The molecule has 0 aliphatic rings. The molecule has 0 aliphatic carbocycles. The topological polar surface area (TPSA) is 76.3 Å². The van der Waals surface area contributed by atoms with Gasteiger partial charge in [-0.05, 0) is 29.7 Å². The van der Waals surface area contributed by atoms with Gasteiger partial charge in [-0.15, -0.1) is 0 Å². The maximum atomic E-state index is 10.8. The van der Waals surface area contributed by atoms with Gasteiger partial charge in [-0.25, -0.2) is 4.37 Å². The Hall–Kier alpha value is -1.50. The number of hydrogen-bond donors (Lipinski definition) is 1. The summed E-state index contributed by atoms with van der Waals surface area (Å²) in [5, 5.41) is 21.2. The van der Waals surface area contributed by atoms with Gasteiger partial charge in [0.2, 0.25) is 0 Å². The van der Waals surface area contributed by atoms with Crippen LogP contribution in [0.4, 0.5) is 5.69 Å². The van der Waals surface area contributed by atoms with Crippen LogP contribution in [0.5, 0.6) is 0 Å². The molecule has 0 aliphatic heterocycles. The molecule has 5 nitrogen and oxygen atoms in total. The summed E-state index contributed by atoms with van der Waals surface area (Å²) in [6.07, 6.45) is 0.446. The summed E-state index contributed by atoms with van der Waals surface area (Å²) < 4.78 is 3.84. The third-order valence-electron chi connectivity index (χ3n) is 2.21. The van der Waals surface area contributed by atoms with Gasteiger partial charge < -0.3 is 5.11 Å². The summed E-state index contributed by atoms with van der Waals surface area (Å²) in [5.74, 6) is 0. The molecule has 1 N–H and O–H groups in total. The first kappa shape index (κ1) is 12.0. The molecule has 2 aromatic rings. The predicted molar refractivity (Wildman–Crippen MR) is 64.3 cm³/mol. The number of hydrogen-bond acceptors (Lipinski definition) is 5. The van der Waals surface area contributed by atoms with Crippen LogP contribution in [0, 0.1) is 10.1 Å². The molecule has 88 valence electrons. The van der Waals surface area contributed by atoms with E-state index in [1.807, 2.05) is 0 Å². The van der Waals surface area contributed by atoms with E-state index in [0.29, 0.717) is 9.90 Å². The van der Waals surface area contributed by atoms with Crippen LogP contribution in [-0.4, -0.2) is 14.4 Å². The Kier molecular flexibility index (Phi) is 3.37. The highest BCUT2D eigenvalue weighted by atomic mass is 35.5. The Morgan fingerprint density at radius 2 is 2.24 bits per heavy atom. The van der Waals surface area contributed by atoms with Crippen molar-refractivity contribution < 1.29 is 10.0 Å². The van der Waals surface area contributed by atoms with E-state index in [1.54, 1.807) is 6.07 Å². The van der Waals surface area contributed by atoms with Crippen LogP contribution in [0.25, 0.3) is 0 Å². The molecule has 0 saturated carbocycles. The van der Waals surface area contributed by atoms with Crippen molar-refractivity contribution >= 4 is 28.8 Å². The molecule has 1 heterocycles. The molecular weight excluding hydrogens is 264 g/mol. The number of halogens is 1. The van der Waals surface area contributed by atoms with Crippen LogP contribution in [-0.2, 0) is 0 Å². The monoisotopic (exact) mass is 270 g/mol. The number of aliphatic hydroxyl groups is 1. The number of rotatable bonds is 3. The number of nitro groups is 1. The number of nitro benzene ring substituents is 1. The van der Waals surface area contributed by atoms with Crippen molar-refractivity contribution in [3.05, 3.63) is 56.0 Å². The molecule has 17 heavy (non-hydrogen) atoms. The third-order valence-corrected chi connectivity index (χ3v) is 3.24. The quantitative estimate of drug-likeness (QED) is 0.687. The summed E-state index contributed by atoms with van der Waals surface area (Å²) in [4.78, 5) is 10.8. The van der Waals surface area contributed by atoms with Crippen molar-refractivity contribution in [3.63, 3.8) is 0 Å². The van der Waals surface area contributed by atoms with Crippen LogP contribution < -0.4 is 0 Å². The Balaban J connectivity index is 2.50. The lowest BCUT2D eigenvalue weighted by Crippen LogP contribution is -2.02. The molecule has 0 fully saturated rings. The number of nitrogens with zero attached hydrogens (tertiary/aromatic N) is 2. The summed E-state index contributed by atoms with van der Waals surface area (Å²) in [6, 6.07) is 5.70. The van der Waals surface area contributed by atoms with Gasteiger partial charge in [0, 0.05) is 17.3 Å². The summed E-state index contributed by atoms with van der Waals surface area (Å²) in [6.45, 7) is 0. The van der Waals surface area contributed by atoms with Crippen LogP contribution in [0.2, 0.25) is 5.02 Å². The molecule has 7 heteroatoms. The van der Waals surface area contributed by atoms with E-state index in [1.165, 1.54) is 24.4 Å². The van der Waals surface area contributed by atoms with Crippen LogP contribution in [0.3, 0.4) is 0 Å². The average Bonchev–Trinajstić information content (AvgIpc) is 2.80. The van der Waals surface area contributed by atoms with Crippen LogP contribution in [0.1, 0.15) is 16.5 Å². The maximum Gasteiger partial charge on any atom is 0.275 e. The van der Waals surface area contributed by atoms with Gasteiger partial charge in [0.15, 0.2) is 0 Å². The second-order valence-electron chi connectivity index (χ2n) is 3.28. The SMILES string of the molecule is O=[N+]([O-])c1ccc(Cl)cc1C(O)c1ccns1. The third kappa shape index (κ3) is 2.44. The van der Waals surface area contributed by atoms with Gasteiger partial charge in [-0.1, -0.05) is 11.6 Å². The Morgan fingerprint density at radius 1 is 1.47 bits per heavy atom. The molecular formula is C10H7ClN2O3S. The minimum absolute atomic E-state index is 0.157. The van der Waals surface area contributed by atoms with Crippen molar-refractivity contribution in [2.75, 3.05) is 0 Å². The molecule has 1 atom stereocenters. The van der Waals surface area contributed by atoms with Gasteiger partial charge >= 0.3 is 0 Å². The van der Waals surface area contributed by atoms with Crippen LogP contribution >= 0.6 is 23.1 Å². The number of benzene rings is 1. The second kappa shape index (κ2) is 4.79. The Bertz CT molecular complexity index is 544. The highest BCUT2D eigenvalue weighted by Crippen LogP contribution is 2.33. The molecule has 1 aromatic heterocycles. The van der Waals surface area contributed by atoms with E-state index < -0.39 is 11.0 Å². The standard InChI is InChI=1S/C10H7ClN2O3S/c11-6-1-2-8(13(15)16)7(5-6)10(14)9-3-4-12-17-9/h1-5,10,14H. The summed E-state index contributed by atoms with van der Waals surface area (Å²) >= 11 is 6.87. The fourth-order valence-electron chi connectivity index (χ4n) is 1.43. The minimum atomic E-state index is -1.08. The van der Waals surface area contributed by atoms with Gasteiger partial charge in [-0.2, -0.15) is 0 Å².